The summed E-state index contributed by atoms with van der Waals surface area (Å²) in [6.45, 7) is 2.71. The minimum absolute atomic E-state index is 0.124. The Balaban J connectivity index is 2.08. The zero-order valence-electron chi connectivity index (χ0n) is 20.4. The number of carbonyl (C=O) groups excluding carboxylic acids is 2. The number of nitrogens with one attached hydrogen (secondary N) is 1. The number of hydrogen-bond acceptors (Lipinski definition) is 6. The van der Waals surface area contributed by atoms with Gasteiger partial charge in [0.1, 0.15) is 11.6 Å². The standard InChI is InChI=1S/C27H31ClN2O5/c1-4-5-6-7-8-9-14-35-25-23(28)16-19(17-24(25)33-2)15-21(18-29)26(31)30-22-12-10-20(11-13-22)27(32)34-3/h10-13,15-17H,4-9,14H2,1-3H3,(H,30,31)/b21-15-. The molecule has 0 heterocycles. The van der Waals surface area contributed by atoms with E-state index in [9.17, 15) is 14.9 Å². The van der Waals surface area contributed by atoms with Crippen molar-refractivity contribution in [1.29, 1.82) is 5.26 Å². The second-order valence-corrected chi connectivity index (χ2v) is 8.25. The summed E-state index contributed by atoms with van der Waals surface area (Å²) in [7, 11) is 2.80. The molecule has 0 aromatic heterocycles. The molecular weight excluding hydrogens is 468 g/mol. The first-order valence-corrected chi connectivity index (χ1v) is 11.9. The zero-order chi connectivity index (χ0) is 25.6. The van der Waals surface area contributed by atoms with Crippen LogP contribution in [0.25, 0.3) is 6.08 Å². The molecule has 1 amide bonds. The first kappa shape index (κ1) is 27.7. The molecule has 2 rings (SSSR count). The van der Waals surface area contributed by atoms with Crippen molar-refractivity contribution >= 4 is 35.2 Å². The Hall–Kier alpha value is -3.50. The van der Waals surface area contributed by atoms with Crippen molar-refractivity contribution in [1.82, 2.24) is 0 Å². The highest BCUT2D eigenvalue weighted by atomic mass is 35.5. The van der Waals surface area contributed by atoms with E-state index in [4.69, 9.17) is 21.1 Å². The molecule has 0 spiro atoms. The van der Waals surface area contributed by atoms with Gasteiger partial charge in [0.15, 0.2) is 11.5 Å². The summed E-state index contributed by atoms with van der Waals surface area (Å²) in [6, 6.07) is 11.3. The predicted molar refractivity (Wildman–Crippen MR) is 137 cm³/mol. The van der Waals surface area contributed by atoms with E-state index in [1.54, 1.807) is 24.3 Å². The number of nitrogens with zero attached hydrogens (tertiary/aromatic N) is 1. The molecule has 2 aromatic rings. The van der Waals surface area contributed by atoms with Crippen molar-refractivity contribution in [2.24, 2.45) is 0 Å². The van der Waals surface area contributed by atoms with Crippen LogP contribution in [-0.2, 0) is 9.53 Å². The molecule has 2 aromatic carbocycles. The second-order valence-electron chi connectivity index (χ2n) is 7.84. The molecule has 0 aliphatic heterocycles. The predicted octanol–water partition coefficient (Wildman–Crippen LogP) is 6.42. The van der Waals surface area contributed by atoms with Gasteiger partial charge in [-0.1, -0.05) is 50.6 Å². The second kappa shape index (κ2) is 14.7. The molecule has 7 nitrogen and oxygen atoms in total. The highest BCUT2D eigenvalue weighted by molar-refractivity contribution is 6.32. The van der Waals surface area contributed by atoms with Crippen molar-refractivity contribution in [3.05, 3.63) is 58.1 Å². The lowest BCUT2D eigenvalue weighted by atomic mass is 10.1. The molecule has 0 atom stereocenters. The number of benzene rings is 2. The lowest BCUT2D eigenvalue weighted by Gasteiger charge is -2.13. The highest BCUT2D eigenvalue weighted by Gasteiger charge is 2.15. The van der Waals surface area contributed by atoms with Crippen molar-refractivity contribution < 1.29 is 23.8 Å². The van der Waals surface area contributed by atoms with Gasteiger partial charge >= 0.3 is 5.97 Å². The number of esters is 1. The quantitative estimate of drug-likeness (QED) is 0.148. The SMILES string of the molecule is CCCCCCCCOc1c(Cl)cc(/C=C(/C#N)C(=O)Nc2ccc(C(=O)OC)cc2)cc1OC. The molecular formula is C27H31ClN2O5. The minimum Gasteiger partial charge on any atom is -0.493 e. The van der Waals surface area contributed by atoms with E-state index in [0.29, 0.717) is 39.9 Å². The number of rotatable bonds is 13. The van der Waals surface area contributed by atoms with E-state index in [2.05, 4.69) is 17.0 Å². The summed E-state index contributed by atoms with van der Waals surface area (Å²) in [6.07, 6.45) is 8.31. The van der Waals surface area contributed by atoms with Crippen LogP contribution in [-0.4, -0.2) is 32.7 Å². The van der Waals surface area contributed by atoms with Crippen LogP contribution in [0.2, 0.25) is 5.02 Å². The molecule has 0 unspecified atom stereocenters. The highest BCUT2D eigenvalue weighted by Crippen LogP contribution is 2.37. The molecule has 0 radical (unpaired) electrons. The van der Waals surface area contributed by atoms with Crippen LogP contribution in [0.3, 0.4) is 0 Å². The summed E-state index contributed by atoms with van der Waals surface area (Å²) < 4.78 is 15.9. The maximum atomic E-state index is 12.6. The maximum Gasteiger partial charge on any atom is 0.337 e. The molecule has 1 N–H and O–H groups in total. The van der Waals surface area contributed by atoms with Gasteiger partial charge in [-0.25, -0.2) is 4.79 Å². The Kier molecular flexibility index (Phi) is 11.6. The van der Waals surface area contributed by atoms with E-state index in [0.717, 1.165) is 12.8 Å². The number of hydrogen-bond donors (Lipinski definition) is 1. The first-order chi connectivity index (χ1) is 16.9. The molecule has 0 aliphatic carbocycles. The molecule has 186 valence electrons. The van der Waals surface area contributed by atoms with E-state index in [-0.39, 0.29) is 5.57 Å². The van der Waals surface area contributed by atoms with Gasteiger partial charge in [-0.2, -0.15) is 5.26 Å². The van der Waals surface area contributed by atoms with Crippen molar-refractivity contribution in [2.75, 3.05) is 26.1 Å². The third kappa shape index (κ3) is 8.66. The van der Waals surface area contributed by atoms with Crippen LogP contribution in [0, 0.1) is 11.3 Å². The number of halogens is 1. The summed E-state index contributed by atoms with van der Waals surface area (Å²) >= 11 is 6.43. The van der Waals surface area contributed by atoms with Gasteiger partial charge in [0.25, 0.3) is 5.91 Å². The van der Waals surface area contributed by atoms with Crippen molar-refractivity contribution in [3.63, 3.8) is 0 Å². The Bertz CT molecular complexity index is 1070. The summed E-state index contributed by atoms with van der Waals surface area (Å²) in [5.41, 5.74) is 1.17. The number of methoxy groups -OCH3 is 2. The Morgan fingerprint density at radius 3 is 2.37 bits per heavy atom. The number of carbonyl (C=O) groups is 2. The molecule has 0 fully saturated rings. The molecule has 8 heteroatoms. The van der Waals surface area contributed by atoms with Gasteiger partial charge in [-0.3, -0.25) is 4.79 Å². The number of amides is 1. The largest absolute Gasteiger partial charge is 0.493 e. The maximum absolute atomic E-state index is 12.6. The van der Waals surface area contributed by atoms with E-state index >= 15 is 0 Å². The van der Waals surface area contributed by atoms with E-state index < -0.39 is 11.9 Å². The average molecular weight is 499 g/mol. The molecule has 35 heavy (non-hydrogen) atoms. The normalized spacial score (nSPS) is 10.9. The van der Waals surface area contributed by atoms with Gasteiger partial charge in [-0.05, 0) is 54.5 Å². The Labute approximate surface area is 211 Å². The minimum atomic E-state index is -0.600. The van der Waals surface area contributed by atoms with Crippen LogP contribution < -0.4 is 14.8 Å². The zero-order valence-corrected chi connectivity index (χ0v) is 21.1. The van der Waals surface area contributed by atoms with Gasteiger partial charge in [-0.15, -0.1) is 0 Å². The van der Waals surface area contributed by atoms with Gasteiger partial charge in [0.2, 0.25) is 0 Å². The van der Waals surface area contributed by atoms with Crippen LogP contribution in [0.4, 0.5) is 5.69 Å². The molecule has 0 saturated heterocycles. The third-order valence-corrected chi connectivity index (χ3v) is 5.52. The first-order valence-electron chi connectivity index (χ1n) is 11.5. The summed E-state index contributed by atoms with van der Waals surface area (Å²) in [5.74, 6) is -0.220. The number of ether oxygens (including phenoxy) is 3. The monoisotopic (exact) mass is 498 g/mol. The Morgan fingerprint density at radius 2 is 1.74 bits per heavy atom. The summed E-state index contributed by atoms with van der Waals surface area (Å²) in [5, 5.41) is 12.5. The van der Waals surface area contributed by atoms with Crippen LogP contribution >= 0.6 is 11.6 Å². The number of anilines is 1. The van der Waals surface area contributed by atoms with Gasteiger partial charge < -0.3 is 19.5 Å². The molecule has 0 saturated carbocycles. The number of unbranched alkanes of at least 4 members (excludes halogenated alkanes) is 5. The summed E-state index contributed by atoms with van der Waals surface area (Å²) in [4.78, 5) is 24.2. The fourth-order valence-corrected chi connectivity index (χ4v) is 3.61. The van der Waals surface area contributed by atoms with Gasteiger partial charge in [0.05, 0.1) is 31.4 Å². The van der Waals surface area contributed by atoms with Crippen LogP contribution in [0.15, 0.2) is 42.0 Å². The lowest BCUT2D eigenvalue weighted by molar-refractivity contribution is -0.112. The smallest absolute Gasteiger partial charge is 0.337 e. The van der Waals surface area contributed by atoms with Crippen molar-refractivity contribution in [3.8, 4) is 17.6 Å². The molecule has 0 aliphatic rings. The van der Waals surface area contributed by atoms with Crippen LogP contribution in [0.5, 0.6) is 11.5 Å². The van der Waals surface area contributed by atoms with E-state index in [1.807, 2.05) is 6.07 Å². The lowest BCUT2D eigenvalue weighted by Crippen LogP contribution is -2.13. The average Bonchev–Trinajstić information content (AvgIpc) is 2.87. The van der Waals surface area contributed by atoms with Gasteiger partial charge in [0, 0.05) is 5.69 Å². The number of nitriles is 1. The fourth-order valence-electron chi connectivity index (χ4n) is 3.34. The van der Waals surface area contributed by atoms with Crippen molar-refractivity contribution in [2.45, 2.75) is 45.4 Å². The third-order valence-electron chi connectivity index (χ3n) is 5.24. The topological polar surface area (TPSA) is 97.7 Å². The Morgan fingerprint density at radius 1 is 1.06 bits per heavy atom. The molecule has 0 bridgehead atoms. The van der Waals surface area contributed by atoms with E-state index in [1.165, 1.54) is 58.1 Å². The fraction of sp³-hybridized carbons (Fsp3) is 0.370. The van der Waals surface area contributed by atoms with Crippen LogP contribution in [0.1, 0.15) is 61.4 Å².